The maximum atomic E-state index is 13.5. The molecule has 0 amide bonds. The molecule has 3 atom stereocenters. The van der Waals surface area contributed by atoms with E-state index >= 15 is 0 Å². The van der Waals surface area contributed by atoms with Gasteiger partial charge in [0.15, 0.2) is 0 Å². The summed E-state index contributed by atoms with van der Waals surface area (Å²) in [5.41, 5.74) is 4.45. The number of halogens is 1. The molecule has 2 heterocycles. The van der Waals surface area contributed by atoms with Crippen molar-refractivity contribution in [1.82, 2.24) is 20.6 Å². The number of rotatable bonds is 7. The zero-order valence-electron chi connectivity index (χ0n) is 15.9. The second kappa shape index (κ2) is 8.84. The van der Waals surface area contributed by atoms with E-state index in [1.165, 1.54) is 12.1 Å². The van der Waals surface area contributed by atoms with Crippen LogP contribution in [0, 0.1) is 12.7 Å². The number of likely N-dealkylation sites (N-methyl/N-ethyl adjacent to an activating group) is 1. The van der Waals surface area contributed by atoms with Crippen molar-refractivity contribution in [2.45, 2.75) is 32.0 Å². The molecule has 27 heavy (non-hydrogen) atoms. The molecule has 3 unspecified atom stereocenters. The zero-order chi connectivity index (χ0) is 19.2. The third-order valence-electron chi connectivity index (χ3n) is 4.91. The van der Waals surface area contributed by atoms with E-state index in [0.717, 1.165) is 22.3 Å². The number of benzene rings is 1. The van der Waals surface area contributed by atoms with Gasteiger partial charge in [0.2, 0.25) is 0 Å². The van der Waals surface area contributed by atoms with Gasteiger partial charge >= 0.3 is 0 Å². The normalized spacial score (nSPS) is 14.5. The highest BCUT2D eigenvalue weighted by atomic mass is 19.1. The molecule has 0 aliphatic rings. The first-order valence-corrected chi connectivity index (χ1v) is 9.09. The van der Waals surface area contributed by atoms with Crippen LogP contribution in [0.4, 0.5) is 4.39 Å². The fourth-order valence-electron chi connectivity index (χ4n) is 3.41. The number of hydrogen-bond acceptors (Lipinski definition) is 4. The number of nitrogens with one attached hydrogen (secondary N) is 2. The second-order valence-corrected chi connectivity index (χ2v) is 6.70. The average Bonchev–Trinajstić information content (AvgIpc) is 2.70. The van der Waals surface area contributed by atoms with Crippen LogP contribution in [0.5, 0.6) is 0 Å². The summed E-state index contributed by atoms with van der Waals surface area (Å²) in [6.07, 6.45) is 7.26. The Labute approximate surface area is 159 Å². The fourth-order valence-corrected chi connectivity index (χ4v) is 3.41. The van der Waals surface area contributed by atoms with Gasteiger partial charge in [-0.05, 0) is 73.5 Å². The van der Waals surface area contributed by atoms with Crippen LogP contribution in [-0.4, -0.2) is 17.0 Å². The van der Waals surface area contributed by atoms with Crippen LogP contribution in [0.1, 0.15) is 47.3 Å². The van der Waals surface area contributed by atoms with Gasteiger partial charge in [0.1, 0.15) is 5.82 Å². The van der Waals surface area contributed by atoms with Crippen molar-refractivity contribution in [1.29, 1.82) is 0 Å². The van der Waals surface area contributed by atoms with E-state index in [1.807, 2.05) is 43.6 Å². The minimum Gasteiger partial charge on any atom is -0.311 e. The smallest absolute Gasteiger partial charge is 0.123 e. The molecule has 140 valence electrons. The summed E-state index contributed by atoms with van der Waals surface area (Å²) in [7, 11) is 1.94. The van der Waals surface area contributed by atoms with Crippen LogP contribution in [0.2, 0.25) is 0 Å². The topological polar surface area (TPSA) is 49.8 Å². The highest BCUT2D eigenvalue weighted by Crippen LogP contribution is 2.32. The van der Waals surface area contributed by atoms with Gasteiger partial charge in [-0.25, -0.2) is 4.39 Å². The lowest BCUT2D eigenvalue weighted by Crippen LogP contribution is -2.35. The maximum Gasteiger partial charge on any atom is 0.123 e. The Bertz CT molecular complexity index is 852. The molecule has 0 spiro atoms. The van der Waals surface area contributed by atoms with Crippen LogP contribution in [0.3, 0.4) is 0 Å². The Morgan fingerprint density at radius 1 is 0.852 bits per heavy atom. The van der Waals surface area contributed by atoms with Gasteiger partial charge in [-0.1, -0.05) is 12.1 Å². The predicted molar refractivity (Wildman–Crippen MR) is 106 cm³/mol. The van der Waals surface area contributed by atoms with E-state index < -0.39 is 0 Å². The monoisotopic (exact) mass is 364 g/mol. The molecule has 0 saturated heterocycles. The number of hydrogen-bond donors (Lipinski definition) is 2. The summed E-state index contributed by atoms with van der Waals surface area (Å²) in [4.78, 5) is 8.31. The highest BCUT2D eigenvalue weighted by molar-refractivity contribution is 5.32. The molecule has 0 saturated carbocycles. The molecular formula is C22H25FN4. The molecule has 0 aliphatic heterocycles. The summed E-state index contributed by atoms with van der Waals surface area (Å²) in [5, 5.41) is 7.15. The van der Waals surface area contributed by atoms with Gasteiger partial charge in [0.05, 0.1) is 12.1 Å². The highest BCUT2D eigenvalue weighted by Gasteiger charge is 2.26. The molecule has 3 rings (SSSR count). The van der Waals surface area contributed by atoms with Crippen LogP contribution >= 0.6 is 0 Å². The van der Waals surface area contributed by atoms with Crippen molar-refractivity contribution in [2.75, 3.05) is 7.05 Å². The summed E-state index contributed by atoms with van der Waals surface area (Å²) < 4.78 is 13.5. The van der Waals surface area contributed by atoms with Crippen molar-refractivity contribution in [3.05, 3.63) is 95.3 Å². The van der Waals surface area contributed by atoms with Crippen molar-refractivity contribution in [2.24, 2.45) is 0 Å². The molecule has 5 heteroatoms. The third kappa shape index (κ3) is 4.56. The molecular weight excluding hydrogens is 339 g/mol. The van der Waals surface area contributed by atoms with E-state index in [9.17, 15) is 4.39 Å². The van der Waals surface area contributed by atoms with Gasteiger partial charge in [-0.2, -0.15) is 0 Å². The van der Waals surface area contributed by atoms with Gasteiger partial charge in [-0.3, -0.25) is 9.97 Å². The van der Waals surface area contributed by atoms with E-state index in [0.29, 0.717) is 0 Å². The van der Waals surface area contributed by atoms with Crippen molar-refractivity contribution in [3.63, 3.8) is 0 Å². The molecule has 0 radical (unpaired) electrons. The Morgan fingerprint density at radius 3 is 2.15 bits per heavy atom. The number of aromatic nitrogens is 2. The Hall–Kier alpha value is -2.63. The van der Waals surface area contributed by atoms with Crippen LogP contribution < -0.4 is 10.6 Å². The van der Waals surface area contributed by atoms with Crippen molar-refractivity contribution in [3.8, 4) is 0 Å². The predicted octanol–water partition coefficient (Wildman–Crippen LogP) is 4.28. The molecule has 1 aromatic carbocycles. The molecule has 0 bridgehead atoms. The molecule has 2 N–H and O–H groups in total. The van der Waals surface area contributed by atoms with Gasteiger partial charge in [0.25, 0.3) is 0 Å². The zero-order valence-corrected chi connectivity index (χ0v) is 15.9. The fraction of sp³-hybridized carbons (Fsp3) is 0.273. The number of nitrogens with zero attached hydrogens (tertiary/aromatic N) is 2. The second-order valence-electron chi connectivity index (χ2n) is 6.70. The molecule has 0 fully saturated rings. The first kappa shape index (κ1) is 19.1. The SMILES string of the molecule is CNC(c1ccncc1C)C(NC(C)c1ccncc1)c1ccc(F)cc1. The third-order valence-corrected chi connectivity index (χ3v) is 4.91. The van der Waals surface area contributed by atoms with Gasteiger partial charge < -0.3 is 10.6 Å². The van der Waals surface area contributed by atoms with E-state index in [-0.39, 0.29) is 23.9 Å². The van der Waals surface area contributed by atoms with Gasteiger partial charge in [0, 0.05) is 30.8 Å². The number of pyridine rings is 2. The van der Waals surface area contributed by atoms with Gasteiger partial charge in [-0.15, -0.1) is 0 Å². The average molecular weight is 364 g/mol. The first-order valence-electron chi connectivity index (χ1n) is 9.09. The molecule has 4 nitrogen and oxygen atoms in total. The minimum absolute atomic E-state index is 0.00254. The summed E-state index contributed by atoms with van der Waals surface area (Å²) in [6, 6.07) is 12.8. The van der Waals surface area contributed by atoms with Crippen LogP contribution in [-0.2, 0) is 0 Å². The first-order chi connectivity index (χ1) is 13.1. The van der Waals surface area contributed by atoms with E-state index in [4.69, 9.17) is 0 Å². The van der Waals surface area contributed by atoms with Crippen molar-refractivity contribution >= 4 is 0 Å². The lowest BCUT2D eigenvalue weighted by molar-refractivity contribution is 0.370. The van der Waals surface area contributed by atoms with Crippen LogP contribution in [0.15, 0.2) is 67.3 Å². The number of aryl methyl sites for hydroxylation is 1. The largest absolute Gasteiger partial charge is 0.311 e. The minimum atomic E-state index is -0.235. The van der Waals surface area contributed by atoms with E-state index in [2.05, 4.69) is 34.4 Å². The Balaban J connectivity index is 1.98. The Kier molecular flexibility index (Phi) is 6.27. The standard InChI is InChI=1S/C22H25FN4/c1-15-14-26-13-10-20(15)22(24-3)21(18-4-6-19(23)7-5-18)27-16(2)17-8-11-25-12-9-17/h4-14,16,21-22,24,27H,1-3H3. The quantitative estimate of drug-likeness (QED) is 0.657. The summed E-state index contributed by atoms with van der Waals surface area (Å²) in [5.74, 6) is -0.235. The lowest BCUT2D eigenvalue weighted by Gasteiger charge is -2.32. The molecule has 3 aromatic rings. The van der Waals surface area contributed by atoms with E-state index in [1.54, 1.807) is 18.6 Å². The molecule has 2 aromatic heterocycles. The Morgan fingerprint density at radius 2 is 1.52 bits per heavy atom. The summed E-state index contributed by atoms with van der Waals surface area (Å²) in [6.45, 7) is 4.18. The van der Waals surface area contributed by atoms with Crippen LogP contribution in [0.25, 0.3) is 0 Å². The lowest BCUT2D eigenvalue weighted by atomic mass is 9.90. The molecule has 0 aliphatic carbocycles. The van der Waals surface area contributed by atoms with Crippen molar-refractivity contribution < 1.29 is 4.39 Å². The summed E-state index contributed by atoms with van der Waals surface area (Å²) >= 11 is 0. The maximum absolute atomic E-state index is 13.5.